The largest absolute Gasteiger partial charge is 4.00 e. The second kappa shape index (κ2) is 18.4. The monoisotopic (exact) mass is 740 g/mol. The van der Waals surface area contributed by atoms with Crippen LogP contribution in [0.5, 0.6) is 0 Å². The maximum Gasteiger partial charge on any atom is 4.00 e. The van der Waals surface area contributed by atoms with Crippen molar-refractivity contribution in [2.24, 2.45) is 0 Å². The molecule has 0 aliphatic heterocycles. The van der Waals surface area contributed by atoms with Gasteiger partial charge in [-0.3, -0.25) is 0 Å². The van der Waals surface area contributed by atoms with Gasteiger partial charge in [0.15, 0.2) is 0 Å². The summed E-state index contributed by atoms with van der Waals surface area (Å²) < 4.78 is 0. The molecule has 0 saturated carbocycles. The third-order valence-electron chi connectivity index (χ3n) is 10.9. The molecule has 8 aromatic rings. The number of hydrogen-bond acceptors (Lipinski definition) is 0. The SMILES string of the molecule is CCc1[cH-]c2cccc(C(C)(C)c3cccc4[cH-]c(CC)c(-c5cccc6ccccc56)c34)c2c1-c1cccc2ccccc12.[CH2-]CCC.[CH2-]CCC.[Ti+4]. The second-order valence-electron chi connectivity index (χ2n) is 14.7. The first kappa shape index (κ1) is 40.9. The smallest absolute Gasteiger partial charge is 0.343 e. The van der Waals surface area contributed by atoms with Crippen LogP contribution in [0.2, 0.25) is 0 Å². The molecule has 0 radical (unpaired) electrons. The van der Waals surface area contributed by atoms with Crippen LogP contribution in [0.15, 0.2) is 133 Å². The van der Waals surface area contributed by atoms with Crippen molar-refractivity contribution >= 4 is 43.1 Å². The molecular formula is C53H56Ti. The van der Waals surface area contributed by atoms with Crippen LogP contribution in [0, 0.1) is 13.8 Å². The summed E-state index contributed by atoms with van der Waals surface area (Å²) in [5, 5.41) is 10.7. The average Bonchev–Trinajstić information content (AvgIpc) is 3.79. The molecule has 0 aliphatic rings. The minimum Gasteiger partial charge on any atom is -0.343 e. The Hall–Kier alpha value is -4.23. The van der Waals surface area contributed by atoms with Crippen molar-refractivity contribution in [3.63, 3.8) is 0 Å². The Kier molecular flexibility index (Phi) is 14.0. The van der Waals surface area contributed by atoms with Gasteiger partial charge < -0.3 is 13.8 Å². The van der Waals surface area contributed by atoms with Crippen molar-refractivity contribution in [3.05, 3.63) is 170 Å². The van der Waals surface area contributed by atoms with Gasteiger partial charge in [-0.15, -0.1) is 80.2 Å². The quantitative estimate of drug-likeness (QED) is 0.107. The van der Waals surface area contributed by atoms with E-state index >= 15 is 0 Å². The van der Waals surface area contributed by atoms with Crippen molar-refractivity contribution in [2.75, 3.05) is 0 Å². The molecule has 0 N–H and O–H groups in total. The predicted octanol–water partition coefficient (Wildman–Crippen LogP) is 15.8. The molecule has 54 heavy (non-hydrogen) atoms. The summed E-state index contributed by atoms with van der Waals surface area (Å²) in [4.78, 5) is 0. The molecule has 8 rings (SSSR count). The maximum atomic E-state index is 3.60. The molecule has 0 aliphatic carbocycles. The Morgan fingerprint density at radius 3 is 1.20 bits per heavy atom. The summed E-state index contributed by atoms with van der Waals surface area (Å²) in [5.74, 6) is 0. The standard InChI is InChI=1S/C45H38.2C4H9.Ti/c1-5-29-27-33-19-13-25-39(43(33)41(29)37-23-11-17-31-15-7-9-21-35(31)37)45(3,4)40-26-14-20-34-28-30(6-2)42(44(34)40)38-24-12-18-32-16-8-10-22-36(32)38;2*1-3-4-2;/h7-28H,5-6H2,1-4H3;2*1,3-4H2,2H3;/q-2;2*-1;+4. The van der Waals surface area contributed by atoms with E-state index in [4.69, 9.17) is 0 Å². The second-order valence-corrected chi connectivity index (χ2v) is 14.7. The summed E-state index contributed by atoms with van der Waals surface area (Å²) in [6, 6.07) is 50.0. The Balaban J connectivity index is 0.000000570. The van der Waals surface area contributed by atoms with Gasteiger partial charge in [-0.25, -0.2) is 0 Å². The van der Waals surface area contributed by atoms with E-state index in [1.54, 1.807) is 0 Å². The van der Waals surface area contributed by atoms with Gasteiger partial charge in [0, 0.05) is 0 Å². The molecule has 0 spiro atoms. The first-order chi connectivity index (χ1) is 25.8. The van der Waals surface area contributed by atoms with Gasteiger partial charge in [0.2, 0.25) is 0 Å². The molecule has 0 bridgehead atoms. The zero-order chi connectivity index (χ0) is 37.5. The van der Waals surface area contributed by atoms with Crippen molar-refractivity contribution in [2.45, 2.75) is 85.5 Å². The molecule has 272 valence electrons. The average molecular weight is 741 g/mol. The van der Waals surface area contributed by atoms with Crippen LogP contribution in [0.3, 0.4) is 0 Å². The van der Waals surface area contributed by atoms with Crippen molar-refractivity contribution in [3.8, 4) is 22.3 Å². The van der Waals surface area contributed by atoms with Gasteiger partial charge in [0.05, 0.1) is 0 Å². The topological polar surface area (TPSA) is 0 Å². The fourth-order valence-electron chi connectivity index (χ4n) is 8.03. The van der Waals surface area contributed by atoms with Crippen LogP contribution in [0.4, 0.5) is 0 Å². The minimum absolute atomic E-state index is 0. The fourth-order valence-corrected chi connectivity index (χ4v) is 8.03. The van der Waals surface area contributed by atoms with Gasteiger partial charge in [0.1, 0.15) is 0 Å². The van der Waals surface area contributed by atoms with E-state index in [0.717, 1.165) is 25.7 Å². The zero-order valence-corrected chi connectivity index (χ0v) is 34.9. The van der Waals surface area contributed by atoms with E-state index in [1.165, 1.54) is 100 Å². The molecule has 0 saturated heterocycles. The van der Waals surface area contributed by atoms with E-state index in [9.17, 15) is 0 Å². The summed E-state index contributed by atoms with van der Waals surface area (Å²) in [6.45, 7) is 20.9. The minimum atomic E-state index is -0.254. The number of rotatable bonds is 8. The van der Waals surface area contributed by atoms with Gasteiger partial charge in [-0.05, 0) is 39.8 Å². The molecule has 0 aromatic heterocycles. The molecule has 0 heterocycles. The molecular weight excluding hydrogens is 684 g/mol. The predicted molar refractivity (Wildman–Crippen MR) is 236 cm³/mol. The summed E-state index contributed by atoms with van der Waals surface area (Å²) in [6.07, 6.45) is 6.55. The number of benzene rings is 6. The van der Waals surface area contributed by atoms with Gasteiger partial charge in [-0.2, -0.15) is 12.8 Å². The molecule has 0 unspecified atom stereocenters. The zero-order valence-electron chi connectivity index (χ0n) is 33.4. The molecule has 0 fully saturated rings. The molecule has 0 nitrogen and oxygen atoms in total. The Morgan fingerprint density at radius 2 is 0.833 bits per heavy atom. The Morgan fingerprint density at radius 1 is 0.481 bits per heavy atom. The van der Waals surface area contributed by atoms with Crippen molar-refractivity contribution in [1.82, 2.24) is 0 Å². The van der Waals surface area contributed by atoms with Crippen LogP contribution < -0.4 is 0 Å². The molecule has 0 amide bonds. The van der Waals surface area contributed by atoms with E-state index < -0.39 is 0 Å². The fraction of sp³-hybridized carbons (Fsp3) is 0.245. The summed E-state index contributed by atoms with van der Waals surface area (Å²) in [5.41, 5.74) is 10.8. The molecule has 8 aromatic carbocycles. The van der Waals surface area contributed by atoms with Crippen LogP contribution in [0.1, 0.15) is 89.5 Å². The van der Waals surface area contributed by atoms with Gasteiger partial charge in [-0.1, -0.05) is 174 Å². The van der Waals surface area contributed by atoms with E-state index in [0.29, 0.717) is 0 Å². The van der Waals surface area contributed by atoms with Crippen LogP contribution in [0.25, 0.3) is 65.3 Å². The summed E-state index contributed by atoms with van der Waals surface area (Å²) >= 11 is 0. The third kappa shape index (κ3) is 7.80. The number of aryl methyl sites for hydroxylation is 2. The number of unbranched alkanes of at least 4 members (excludes halogenated alkanes) is 2. The molecule has 1 heteroatoms. The van der Waals surface area contributed by atoms with Crippen molar-refractivity contribution in [1.29, 1.82) is 0 Å². The maximum absolute atomic E-state index is 3.60. The normalized spacial score (nSPS) is 11.3. The van der Waals surface area contributed by atoms with Gasteiger partial charge >= 0.3 is 21.7 Å². The van der Waals surface area contributed by atoms with Crippen LogP contribution in [-0.2, 0) is 40.0 Å². The van der Waals surface area contributed by atoms with E-state index in [1.807, 2.05) is 0 Å². The number of fused-ring (bicyclic) bond motifs is 4. The first-order valence-electron chi connectivity index (χ1n) is 19.8. The first-order valence-corrected chi connectivity index (χ1v) is 19.8. The van der Waals surface area contributed by atoms with Crippen LogP contribution in [-0.4, -0.2) is 0 Å². The number of hydrogen-bond donors (Lipinski definition) is 0. The van der Waals surface area contributed by atoms with Crippen LogP contribution >= 0.6 is 0 Å². The summed E-state index contributed by atoms with van der Waals surface area (Å²) in [7, 11) is 0. The Bertz CT molecular complexity index is 2260. The van der Waals surface area contributed by atoms with E-state index in [-0.39, 0.29) is 27.1 Å². The molecule has 0 atom stereocenters. The third-order valence-corrected chi connectivity index (χ3v) is 10.9. The van der Waals surface area contributed by atoms with Crippen molar-refractivity contribution < 1.29 is 21.7 Å². The van der Waals surface area contributed by atoms with E-state index in [2.05, 4.69) is 189 Å². The Labute approximate surface area is 340 Å². The van der Waals surface area contributed by atoms with Gasteiger partial charge in [0.25, 0.3) is 0 Å².